The first-order chi connectivity index (χ1) is 4.64. The van der Waals surface area contributed by atoms with E-state index in [1.54, 1.807) is 0 Å². The molecule has 1 aliphatic heterocycles. The van der Waals surface area contributed by atoms with Gasteiger partial charge in [0, 0.05) is 13.0 Å². The Bertz CT molecular complexity index is 140. The van der Waals surface area contributed by atoms with Crippen molar-refractivity contribution < 1.29 is 18.4 Å². The lowest BCUT2D eigenvalue weighted by molar-refractivity contribution is -0.173. The van der Waals surface area contributed by atoms with E-state index in [0.29, 0.717) is 0 Å². The fourth-order valence-electron chi connectivity index (χ4n) is 0.855. The van der Waals surface area contributed by atoms with Gasteiger partial charge in [-0.25, -0.2) is 8.78 Å². The van der Waals surface area contributed by atoms with Gasteiger partial charge in [-0.15, -0.1) is 5.06 Å². The van der Waals surface area contributed by atoms with Gasteiger partial charge < -0.3 is 4.84 Å². The molecule has 0 N–H and O–H groups in total. The quantitative estimate of drug-likeness (QED) is 0.535. The Labute approximate surface area is 56.5 Å². The number of carbonyl (C=O) groups excluding carboxylic acids is 1. The van der Waals surface area contributed by atoms with Gasteiger partial charge in [0.15, 0.2) is 0 Å². The van der Waals surface area contributed by atoms with Crippen LogP contribution in [0.25, 0.3) is 0 Å². The normalized spacial score (nSPS) is 24.6. The van der Waals surface area contributed by atoms with Crippen molar-refractivity contribution in [2.45, 2.75) is 12.3 Å². The van der Waals surface area contributed by atoms with E-state index in [0.717, 1.165) is 5.06 Å². The summed E-state index contributed by atoms with van der Waals surface area (Å²) in [5.74, 6) is -2.69. The summed E-state index contributed by atoms with van der Waals surface area (Å²) in [7, 11) is 0. The highest BCUT2D eigenvalue weighted by molar-refractivity contribution is 5.36. The topological polar surface area (TPSA) is 29.5 Å². The monoisotopic (exact) mass is 151 g/mol. The molecule has 0 unspecified atom stereocenters. The van der Waals surface area contributed by atoms with Crippen LogP contribution in [-0.2, 0) is 9.63 Å². The van der Waals surface area contributed by atoms with Crippen LogP contribution in [-0.4, -0.2) is 30.5 Å². The van der Waals surface area contributed by atoms with E-state index in [-0.39, 0.29) is 19.4 Å². The van der Waals surface area contributed by atoms with Crippen LogP contribution in [0.3, 0.4) is 0 Å². The van der Waals surface area contributed by atoms with Gasteiger partial charge in [-0.3, -0.25) is 4.79 Å². The third kappa shape index (κ3) is 1.63. The molecule has 1 rings (SSSR count). The summed E-state index contributed by atoms with van der Waals surface area (Å²) in [6.45, 7) is -0.209. The molecule has 0 aromatic heterocycles. The number of alkyl halides is 2. The summed E-state index contributed by atoms with van der Waals surface area (Å²) >= 11 is 0. The molecular formula is C5H7F2NO2. The van der Waals surface area contributed by atoms with Gasteiger partial charge in [0.2, 0.25) is 0 Å². The Morgan fingerprint density at radius 2 is 2.30 bits per heavy atom. The predicted octanol–water partition coefficient (Wildman–Crippen LogP) is 0.415. The van der Waals surface area contributed by atoms with Gasteiger partial charge in [-0.05, 0) is 0 Å². The highest BCUT2D eigenvalue weighted by atomic mass is 19.3. The molecule has 5 heteroatoms. The molecule has 58 valence electrons. The number of nitrogens with zero attached hydrogens (tertiary/aromatic N) is 1. The van der Waals surface area contributed by atoms with Crippen LogP contribution in [0.15, 0.2) is 0 Å². The van der Waals surface area contributed by atoms with Crippen molar-refractivity contribution in [2.75, 3.05) is 13.1 Å². The van der Waals surface area contributed by atoms with Gasteiger partial charge >= 0.3 is 6.47 Å². The van der Waals surface area contributed by atoms with E-state index in [1.165, 1.54) is 0 Å². The molecule has 0 bridgehead atoms. The molecule has 0 amide bonds. The lowest BCUT2D eigenvalue weighted by Gasteiger charge is -2.10. The van der Waals surface area contributed by atoms with Crippen molar-refractivity contribution in [3.63, 3.8) is 0 Å². The van der Waals surface area contributed by atoms with Gasteiger partial charge in [0.1, 0.15) is 0 Å². The van der Waals surface area contributed by atoms with E-state index < -0.39 is 12.5 Å². The van der Waals surface area contributed by atoms with Gasteiger partial charge in [-0.2, -0.15) is 0 Å². The molecule has 1 fully saturated rings. The van der Waals surface area contributed by atoms with E-state index >= 15 is 0 Å². The SMILES string of the molecule is O=CON1CCC(F)(F)C1. The minimum Gasteiger partial charge on any atom is -0.371 e. The zero-order valence-electron chi connectivity index (χ0n) is 5.22. The van der Waals surface area contributed by atoms with E-state index in [2.05, 4.69) is 4.84 Å². The predicted molar refractivity (Wildman–Crippen MR) is 28.3 cm³/mol. The molecule has 0 radical (unpaired) electrons. The second-order valence-corrected chi connectivity index (χ2v) is 2.17. The number of halogens is 2. The van der Waals surface area contributed by atoms with Crippen LogP contribution in [0.1, 0.15) is 6.42 Å². The maximum atomic E-state index is 12.3. The lowest BCUT2D eigenvalue weighted by Crippen LogP contribution is -2.24. The molecule has 1 saturated heterocycles. The standard InChI is InChI=1S/C5H7F2NO2/c6-5(7)1-2-8(3-5)10-4-9/h4H,1-3H2. The fourth-order valence-corrected chi connectivity index (χ4v) is 0.855. The maximum absolute atomic E-state index is 12.3. The Kier molecular flexibility index (Phi) is 1.85. The second kappa shape index (κ2) is 2.49. The molecule has 10 heavy (non-hydrogen) atoms. The van der Waals surface area contributed by atoms with Gasteiger partial charge in [-0.1, -0.05) is 0 Å². The highest BCUT2D eigenvalue weighted by Crippen LogP contribution is 2.26. The fraction of sp³-hybridized carbons (Fsp3) is 0.800. The van der Waals surface area contributed by atoms with Crippen molar-refractivity contribution in [1.29, 1.82) is 0 Å². The van der Waals surface area contributed by atoms with Crippen molar-refractivity contribution in [3.05, 3.63) is 0 Å². The van der Waals surface area contributed by atoms with E-state index in [4.69, 9.17) is 0 Å². The molecule has 0 aromatic carbocycles. The zero-order valence-corrected chi connectivity index (χ0v) is 5.22. The van der Waals surface area contributed by atoms with Crippen LogP contribution in [0.5, 0.6) is 0 Å². The Balaban J connectivity index is 2.35. The molecule has 0 atom stereocenters. The van der Waals surface area contributed by atoms with Crippen molar-refractivity contribution in [2.24, 2.45) is 0 Å². The zero-order chi connectivity index (χ0) is 7.61. The van der Waals surface area contributed by atoms with Crippen LogP contribution in [0, 0.1) is 0 Å². The Hall–Kier alpha value is -0.710. The summed E-state index contributed by atoms with van der Waals surface area (Å²) < 4.78 is 24.6. The lowest BCUT2D eigenvalue weighted by atomic mass is 10.3. The Morgan fingerprint density at radius 3 is 2.70 bits per heavy atom. The van der Waals surface area contributed by atoms with Crippen LogP contribution in [0.2, 0.25) is 0 Å². The summed E-state index contributed by atoms with van der Waals surface area (Å²) in [6, 6.07) is 0. The maximum Gasteiger partial charge on any atom is 0.312 e. The van der Waals surface area contributed by atoms with Crippen molar-refractivity contribution >= 4 is 6.47 Å². The third-order valence-corrected chi connectivity index (χ3v) is 1.33. The molecule has 1 heterocycles. The number of hydroxylamine groups is 2. The van der Waals surface area contributed by atoms with Gasteiger partial charge in [0.05, 0.1) is 6.54 Å². The summed E-state index contributed by atoms with van der Waals surface area (Å²) in [4.78, 5) is 13.9. The van der Waals surface area contributed by atoms with Crippen molar-refractivity contribution in [3.8, 4) is 0 Å². The highest BCUT2D eigenvalue weighted by Gasteiger charge is 2.39. The molecule has 3 nitrogen and oxygen atoms in total. The summed E-state index contributed by atoms with van der Waals surface area (Å²) in [5, 5.41) is 0.951. The smallest absolute Gasteiger partial charge is 0.312 e. The molecule has 1 aliphatic rings. The number of carbonyl (C=O) groups is 1. The van der Waals surface area contributed by atoms with Crippen LogP contribution < -0.4 is 0 Å². The summed E-state index contributed by atoms with van der Waals surface area (Å²) in [6.07, 6.45) is -0.235. The summed E-state index contributed by atoms with van der Waals surface area (Å²) in [5.41, 5.74) is 0. The van der Waals surface area contributed by atoms with Crippen molar-refractivity contribution in [1.82, 2.24) is 5.06 Å². The second-order valence-electron chi connectivity index (χ2n) is 2.17. The average molecular weight is 151 g/mol. The number of hydrogen-bond donors (Lipinski definition) is 0. The molecule has 0 spiro atoms. The number of hydrogen-bond acceptors (Lipinski definition) is 3. The Morgan fingerprint density at radius 1 is 1.60 bits per heavy atom. The van der Waals surface area contributed by atoms with E-state index in [9.17, 15) is 13.6 Å². The molecular weight excluding hydrogens is 144 g/mol. The molecule has 0 saturated carbocycles. The van der Waals surface area contributed by atoms with Gasteiger partial charge in [0.25, 0.3) is 5.92 Å². The largest absolute Gasteiger partial charge is 0.371 e. The minimum absolute atomic E-state index is 0.117. The third-order valence-electron chi connectivity index (χ3n) is 1.33. The van der Waals surface area contributed by atoms with Crippen LogP contribution >= 0.6 is 0 Å². The molecule has 0 aromatic rings. The number of rotatable bonds is 2. The first kappa shape index (κ1) is 7.40. The first-order valence-corrected chi connectivity index (χ1v) is 2.87. The van der Waals surface area contributed by atoms with E-state index in [1.807, 2.05) is 0 Å². The van der Waals surface area contributed by atoms with Crippen LogP contribution in [0.4, 0.5) is 8.78 Å². The minimum atomic E-state index is -2.69. The first-order valence-electron chi connectivity index (χ1n) is 2.87. The molecule has 0 aliphatic carbocycles. The average Bonchev–Trinajstić information content (AvgIpc) is 2.12.